The van der Waals surface area contributed by atoms with Crippen molar-refractivity contribution in [3.63, 3.8) is 0 Å². The smallest absolute Gasteiger partial charge is 0.275 e. The summed E-state index contributed by atoms with van der Waals surface area (Å²) in [5, 5.41) is 4.06. The molecule has 0 atom stereocenters. The molecule has 0 aliphatic carbocycles. The zero-order valence-electron chi connectivity index (χ0n) is 14.1. The Morgan fingerprint density at radius 3 is 2.56 bits per heavy atom. The van der Waals surface area contributed by atoms with Crippen LogP contribution >= 0.6 is 0 Å². The number of hydrogen-bond acceptors (Lipinski definition) is 4. The first-order chi connectivity index (χ1) is 12.6. The second kappa shape index (κ2) is 7.12. The fourth-order valence-corrected chi connectivity index (χ4v) is 3.48. The lowest BCUT2D eigenvalue weighted by molar-refractivity contribution is -0.137. The van der Waals surface area contributed by atoms with Gasteiger partial charge in [-0.25, -0.2) is 13.1 Å². The van der Waals surface area contributed by atoms with Crippen LogP contribution in [0.5, 0.6) is 0 Å². The van der Waals surface area contributed by atoms with E-state index >= 15 is 0 Å². The number of aromatic nitrogens is 3. The summed E-state index contributed by atoms with van der Waals surface area (Å²) in [5.41, 5.74) is 1.10. The highest BCUT2D eigenvalue weighted by Crippen LogP contribution is 2.30. The molecule has 3 rings (SSSR count). The summed E-state index contributed by atoms with van der Waals surface area (Å²) >= 11 is 0. The van der Waals surface area contributed by atoms with Crippen LogP contribution in [0.25, 0.3) is 11.1 Å². The van der Waals surface area contributed by atoms with Crippen LogP contribution in [0.3, 0.4) is 0 Å². The summed E-state index contributed by atoms with van der Waals surface area (Å²) in [4.78, 5) is 3.62. The maximum atomic E-state index is 12.8. The minimum atomic E-state index is -4.62. The third-order valence-electron chi connectivity index (χ3n) is 3.77. The van der Waals surface area contributed by atoms with Crippen molar-refractivity contribution in [2.24, 2.45) is 7.05 Å². The van der Waals surface area contributed by atoms with E-state index in [9.17, 15) is 21.6 Å². The molecule has 2 aromatic heterocycles. The van der Waals surface area contributed by atoms with Gasteiger partial charge in [-0.2, -0.15) is 18.3 Å². The van der Waals surface area contributed by atoms with Gasteiger partial charge in [-0.15, -0.1) is 0 Å². The van der Waals surface area contributed by atoms with Gasteiger partial charge in [0.2, 0.25) is 10.0 Å². The average Bonchev–Trinajstić information content (AvgIpc) is 3.06. The van der Waals surface area contributed by atoms with Crippen molar-refractivity contribution in [2.75, 3.05) is 0 Å². The number of benzene rings is 1. The van der Waals surface area contributed by atoms with Crippen molar-refractivity contribution in [1.82, 2.24) is 19.5 Å². The summed E-state index contributed by atoms with van der Waals surface area (Å²) in [5.74, 6) is 0. The first-order valence-corrected chi connectivity index (χ1v) is 9.23. The van der Waals surface area contributed by atoms with Crippen LogP contribution in [0.1, 0.15) is 11.1 Å². The highest BCUT2D eigenvalue weighted by molar-refractivity contribution is 7.89. The molecule has 2 heterocycles. The lowest BCUT2D eigenvalue weighted by atomic mass is 10.1. The van der Waals surface area contributed by atoms with Crippen molar-refractivity contribution in [3.8, 4) is 11.1 Å². The van der Waals surface area contributed by atoms with E-state index in [1.165, 1.54) is 6.20 Å². The molecular formula is C17H15F3N4O2S. The highest BCUT2D eigenvalue weighted by Gasteiger charge is 2.31. The zero-order chi connectivity index (χ0) is 19.7. The molecule has 0 saturated heterocycles. The Hall–Kier alpha value is -2.72. The van der Waals surface area contributed by atoms with Gasteiger partial charge in [-0.3, -0.25) is 9.67 Å². The molecule has 27 heavy (non-hydrogen) atoms. The number of nitrogens with zero attached hydrogens (tertiary/aromatic N) is 3. The number of halogens is 3. The molecule has 0 bridgehead atoms. The van der Waals surface area contributed by atoms with E-state index in [1.807, 2.05) is 0 Å². The van der Waals surface area contributed by atoms with Crippen LogP contribution in [-0.2, 0) is 29.8 Å². The molecule has 142 valence electrons. The van der Waals surface area contributed by atoms with Crippen LogP contribution in [-0.4, -0.2) is 23.2 Å². The van der Waals surface area contributed by atoms with Crippen molar-refractivity contribution in [1.29, 1.82) is 0 Å². The summed E-state index contributed by atoms with van der Waals surface area (Å²) in [7, 11) is -2.34. The van der Waals surface area contributed by atoms with Crippen molar-refractivity contribution in [3.05, 3.63) is 66.2 Å². The predicted octanol–water partition coefficient (Wildman–Crippen LogP) is 2.98. The van der Waals surface area contributed by atoms with Gasteiger partial charge >= 0.3 is 6.18 Å². The second-order valence-electron chi connectivity index (χ2n) is 5.83. The van der Waals surface area contributed by atoms with Crippen LogP contribution < -0.4 is 4.72 Å². The van der Waals surface area contributed by atoms with Crippen LogP contribution in [0.15, 0.2) is 60.0 Å². The monoisotopic (exact) mass is 396 g/mol. The Balaban J connectivity index is 1.78. The molecule has 0 spiro atoms. The average molecular weight is 396 g/mol. The van der Waals surface area contributed by atoms with Crippen LogP contribution in [0, 0.1) is 0 Å². The normalized spacial score (nSPS) is 12.3. The summed E-state index contributed by atoms with van der Waals surface area (Å²) < 4.78 is 66.9. The maximum absolute atomic E-state index is 12.8. The van der Waals surface area contributed by atoms with Crippen molar-refractivity contribution < 1.29 is 21.6 Å². The fourth-order valence-electron chi connectivity index (χ4n) is 2.41. The third kappa shape index (κ3) is 4.52. The molecule has 0 radical (unpaired) electrons. The molecule has 1 N–H and O–H groups in total. The molecule has 0 unspecified atom stereocenters. The highest BCUT2D eigenvalue weighted by atomic mass is 32.2. The number of rotatable bonds is 5. The van der Waals surface area contributed by atoms with Crippen molar-refractivity contribution >= 4 is 10.0 Å². The van der Waals surface area contributed by atoms with E-state index in [-0.39, 0.29) is 6.54 Å². The van der Waals surface area contributed by atoms with Gasteiger partial charge in [0, 0.05) is 43.3 Å². The lowest BCUT2D eigenvalue weighted by Crippen LogP contribution is -2.23. The van der Waals surface area contributed by atoms with Gasteiger partial charge in [0.25, 0.3) is 0 Å². The molecule has 6 nitrogen and oxygen atoms in total. The Kier molecular flexibility index (Phi) is 5.03. The molecule has 0 fully saturated rings. The minimum absolute atomic E-state index is 0.111. The van der Waals surface area contributed by atoms with E-state index in [2.05, 4.69) is 14.8 Å². The number of aryl methyl sites for hydroxylation is 1. The van der Waals surface area contributed by atoms with E-state index in [4.69, 9.17) is 0 Å². The Bertz CT molecular complexity index is 1060. The molecule has 0 aliphatic rings. The molecule has 3 aromatic rings. The first kappa shape index (κ1) is 19.1. The van der Waals surface area contributed by atoms with E-state index in [1.54, 1.807) is 36.4 Å². The molecule has 1 aromatic carbocycles. The maximum Gasteiger partial charge on any atom is 0.416 e. The number of alkyl halides is 3. The Labute approximate surface area is 153 Å². The first-order valence-electron chi connectivity index (χ1n) is 7.75. The van der Waals surface area contributed by atoms with Gasteiger partial charge < -0.3 is 0 Å². The van der Waals surface area contributed by atoms with Crippen LogP contribution in [0.4, 0.5) is 13.2 Å². The summed E-state index contributed by atoms with van der Waals surface area (Å²) in [6.45, 7) is -0.111. The number of sulfonamides is 1. The number of pyridine rings is 1. The van der Waals surface area contributed by atoms with Crippen LogP contribution in [0.2, 0.25) is 0 Å². The van der Waals surface area contributed by atoms with Gasteiger partial charge in [0.05, 0.1) is 16.7 Å². The molecule has 0 aliphatic heterocycles. The minimum Gasteiger partial charge on any atom is -0.275 e. The summed E-state index contributed by atoms with van der Waals surface area (Å²) in [6.07, 6.45) is 1.91. The van der Waals surface area contributed by atoms with Gasteiger partial charge in [0.1, 0.15) is 0 Å². The van der Waals surface area contributed by atoms with E-state index < -0.39 is 26.7 Å². The van der Waals surface area contributed by atoms with Gasteiger partial charge in [0.15, 0.2) is 0 Å². The number of hydrogen-bond donors (Lipinski definition) is 1. The second-order valence-corrected chi connectivity index (χ2v) is 7.60. The quantitative estimate of drug-likeness (QED) is 0.719. The number of nitrogens with one attached hydrogen (secondary N) is 1. The van der Waals surface area contributed by atoms with Crippen molar-refractivity contribution in [2.45, 2.75) is 17.6 Å². The Morgan fingerprint density at radius 1 is 1.11 bits per heavy atom. The molecule has 0 saturated carbocycles. The predicted molar refractivity (Wildman–Crippen MR) is 91.9 cm³/mol. The topological polar surface area (TPSA) is 76.9 Å². The fraction of sp³-hybridized carbons (Fsp3) is 0.176. The van der Waals surface area contributed by atoms with E-state index in [0.29, 0.717) is 11.6 Å². The molecular weight excluding hydrogens is 381 g/mol. The lowest BCUT2D eigenvalue weighted by Gasteiger charge is -2.10. The van der Waals surface area contributed by atoms with Gasteiger partial charge in [-0.1, -0.05) is 6.07 Å². The Morgan fingerprint density at radius 2 is 1.89 bits per heavy atom. The zero-order valence-corrected chi connectivity index (χ0v) is 14.9. The van der Waals surface area contributed by atoms with E-state index in [0.717, 1.165) is 29.3 Å². The summed E-state index contributed by atoms with van der Waals surface area (Å²) in [6, 6.07) is 5.33. The molecule has 0 amide bonds. The molecule has 10 heteroatoms. The largest absolute Gasteiger partial charge is 0.416 e. The standard InChI is InChI=1S/C17H15F3N4O2S/c1-24-11-14(10-22-24)13-5-12(7-21-9-13)8-23-27(25,26)16-4-2-3-15(6-16)17(18,19)20/h2-7,9-11,23H,8H2,1H3. The SMILES string of the molecule is Cn1cc(-c2cncc(CNS(=O)(=O)c3cccc(C(F)(F)F)c3)c2)cn1. The van der Waals surface area contributed by atoms with Gasteiger partial charge in [-0.05, 0) is 29.8 Å². The third-order valence-corrected chi connectivity index (χ3v) is 5.17.